The number of aryl methyl sites for hydroxylation is 1. The number of pyridine rings is 2. The van der Waals surface area contributed by atoms with Crippen molar-refractivity contribution in [3.05, 3.63) is 57.3 Å². The van der Waals surface area contributed by atoms with Crippen molar-refractivity contribution in [1.82, 2.24) is 9.55 Å². The number of carbonyl (C=O) groups excluding carboxylic acids is 1. The molecule has 0 radical (unpaired) electrons. The molecule has 1 aromatic carbocycles. The minimum Gasteiger partial charge on any atom is -0.477 e. The van der Waals surface area contributed by atoms with Gasteiger partial charge in [0.25, 0.3) is 5.91 Å². The van der Waals surface area contributed by atoms with Gasteiger partial charge in [0.15, 0.2) is 0 Å². The number of amides is 1. The Morgan fingerprint density at radius 3 is 2.55 bits per heavy atom. The van der Waals surface area contributed by atoms with Gasteiger partial charge in [-0.15, -0.1) is 0 Å². The summed E-state index contributed by atoms with van der Waals surface area (Å²) in [5, 5.41) is 9.36. The van der Waals surface area contributed by atoms with Crippen molar-refractivity contribution < 1.29 is 19.1 Å². The monoisotopic (exact) mass is 396 g/mol. The summed E-state index contributed by atoms with van der Waals surface area (Å²) in [4.78, 5) is 39.7. The van der Waals surface area contributed by atoms with Crippen molar-refractivity contribution in [3.63, 3.8) is 0 Å². The lowest BCUT2D eigenvalue weighted by molar-refractivity contribution is 0.0694. The molecule has 4 rings (SSSR count). The summed E-state index contributed by atoms with van der Waals surface area (Å²) in [7, 11) is 0. The summed E-state index contributed by atoms with van der Waals surface area (Å²) in [6, 6.07) is 2.43. The van der Waals surface area contributed by atoms with E-state index in [4.69, 9.17) is 11.5 Å². The standard InChI is InChI=1S/C20H17FN4O4/c1-8-15(9-4-12(19(23)27)18(22)24-6-9)14(21)5-11-16(8)25(10-2-3-10)7-13(17(11)26)20(28)29/h4-7,10H,2-3H2,1H3,(H2,22,24)(H2,23,27)(H,28,29). The second-order valence-corrected chi connectivity index (χ2v) is 7.09. The smallest absolute Gasteiger partial charge is 0.341 e. The highest BCUT2D eigenvalue weighted by molar-refractivity contribution is 5.99. The maximum Gasteiger partial charge on any atom is 0.341 e. The molecule has 1 amide bonds. The molecule has 0 saturated heterocycles. The zero-order valence-corrected chi connectivity index (χ0v) is 15.4. The van der Waals surface area contributed by atoms with Gasteiger partial charge in [0, 0.05) is 34.9 Å². The van der Waals surface area contributed by atoms with Crippen LogP contribution in [0.2, 0.25) is 0 Å². The number of halogens is 1. The molecule has 5 N–H and O–H groups in total. The fraction of sp³-hybridized carbons (Fsp3) is 0.200. The second kappa shape index (κ2) is 6.40. The van der Waals surface area contributed by atoms with Crippen molar-refractivity contribution in [2.45, 2.75) is 25.8 Å². The van der Waals surface area contributed by atoms with Crippen LogP contribution in [0.15, 0.2) is 29.3 Å². The van der Waals surface area contributed by atoms with E-state index in [1.165, 1.54) is 18.5 Å². The average molecular weight is 396 g/mol. The molecule has 2 aromatic heterocycles. The number of rotatable bonds is 4. The van der Waals surface area contributed by atoms with Gasteiger partial charge in [0.1, 0.15) is 17.2 Å². The normalized spacial score (nSPS) is 13.6. The number of nitrogens with two attached hydrogens (primary N) is 2. The van der Waals surface area contributed by atoms with Gasteiger partial charge in [-0.25, -0.2) is 14.2 Å². The van der Waals surface area contributed by atoms with Gasteiger partial charge < -0.3 is 21.1 Å². The molecular formula is C20H17FN4O4. The Morgan fingerprint density at radius 2 is 1.97 bits per heavy atom. The number of nitrogen functional groups attached to an aromatic ring is 1. The molecule has 0 unspecified atom stereocenters. The van der Waals surface area contributed by atoms with Gasteiger partial charge in [-0.3, -0.25) is 9.59 Å². The summed E-state index contributed by atoms with van der Waals surface area (Å²) >= 11 is 0. The predicted molar refractivity (Wildman–Crippen MR) is 104 cm³/mol. The predicted octanol–water partition coefficient (Wildman–Crippen LogP) is 2.23. The van der Waals surface area contributed by atoms with Crippen molar-refractivity contribution in [3.8, 4) is 11.1 Å². The third kappa shape index (κ3) is 2.91. The zero-order chi connectivity index (χ0) is 21.0. The van der Waals surface area contributed by atoms with E-state index < -0.39 is 28.7 Å². The van der Waals surface area contributed by atoms with E-state index in [1.807, 2.05) is 0 Å². The summed E-state index contributed by atoms with van der Waals surface area (Å²) in [6.07, 6.45) is 4.30. The number of hydrogen-bond acceptors (Lipinski definition) is 5. The van der Waals surface area contributed by atoms with E-state index in [2.05, 4.69) is 4.98 Å². The summed E-state index contributed by atoms with van der Waals surface area (Å²) in [5.41, 5.74) is 11.1. The fourth-order valence-corrected chi connectivity index (χ4v) is 3.64. The molecule has 0 spiro atoms. The number of carboxylic acid groups (broad SMARTS) is 1. The second-order valence-electron chi connectivity index (χ2n) is 7.09. The zero-order valence-electron chi connectivity index (χ0n) is 15.4. The first-order valence-electron chi connectivity index (χ1n) is 8.87. The lowest BCUT2D eigenvalue weighted by Gasteiger charge is -2.17. The number of aromatic nitrogens is 2. The van der Waals surface area contributed by atoms with Crippen LogP contribution in [0.5, 0.6) is 0 Å². The van der Waals surface area contributed by atoms with Crippen LogP contribution >= 0.6 is 0 Å². The lowest BCUT2D eigenvalue weighted by atomic mass is 9.96. The fourth-order valence-electron chi connectivity index (χ4n) is 3.64. The van der Waals surface area contributed by atoms with Gasteiger partial charge >= 0.3 is 5.97 Å². The molecule has 0 atom stereocenters. The van der Waals surface area contributed by atoms with Crippen molar-refractivity contribution in [1.29, 1.82) is 0 Å². The molecule has 1 aliphatic rings. The molecule has 1 fully saturated rings. The minimum absolute atomic E-state index is 0.00548. The highest BCUT2D eigenvalue weighted by atomic mass is 19.1. The van der Waals surface area contributed by atoms with Gasteiger partial charge in [-0.05, 0) is 37.5 Å². The molecule has 1 aliphatic carbocycles. The Balaban J connectivity index is 2.08. The third-order valence-corrected chi connectivity index (χ3v) is 5.15. The van der Waals surface area contributed by atoms with E-state index in [9.17, 15) is 19.5 Å². The Morgan fingerprint density at radius 1 is 1.28 bits per heavy atom. The number of primary amides is 1. The molecule has 0 aliphatic heterocycles. The first-order valence-corrected chi connectivity index (χ1v) is 8.87. The van der Waals surface area contributed by atoms with Crippen LogP contribution < -0.4 is 16.9 Å². The van der Waals surface area contributed by atoms with E-state index in [0.717, 1.165) is 18.9 Å². The van der Waals surface area contributed by atoms with Crippen molar-refractivity contribution >= 4 is 28.6 Å². The van der Waals surface area contributed by atoms with Crippen LogP contribution in [-0.4, -0.2) is 26.5 Å². The number of aromatic carboxylic acids is 1. The molecule has 148 valence electrons. The average Bonchev–Trinajstić information content (AvgIpc) is 3.48. The highest BCUT2D eigenvalue weighted by Crippen LogP contribution is 2.40. The number of fused-ring (bicyclic) bond motifs is 1. The Labute approximate surface area is 163 Å². The lowest BCUT2D eigenvalue weighted by Crippen LogP contribution is -2.20. The van der Waals surface area contributed by atoms with Crippen LogP contribution in [0.25, 0.3) is 22.0 Å². The molecule has 29 heavy (non-hydrogen) atoms. The molecule has 1 saturated carbocycles. The Kier molecular flexibility index (Phi) is 4.11. The number of carboxylic acids is 1. The van der Waals surface area contributed by atoms with Gasteiger partial charge in [-0.2, -0.15) is 0 Å². The number of nitrogens with zero attached hydrogens (tertiary/aromatic N) is 2. The number of benzene rings is 1. The maximum atomic E-state index is 15.1. The van der Waals surface area contributed by atoms with Crippen LogP contribution in [-0.2, 0) is 0 Å². The molecular weight excluding hydrogens is 379 g/mol. The van der Waals surface area contributed by atoms with Crippen LogP contribution in [0.3, 0.4) is 0 Å². The molecule has 8 nitrogen and oxygen atoms in total. The molecule has 2 heterocycles. The van der Waals surface area contributed by atoms with Crippen LogP contribution in [0, 0.1) is 12.7 Å². The van der Waals surface area contributed by atoms with E-state index in [-0.39, 0.29) is 33.9 Å². The number of carbonyl (C=O) groups is 2. The van der Waals surface area contributed by atoms with Gasteiger partial charge in [0.2, 0.25) is 5.43 Å². The summed E-state index contributed by atoms with van der Waals surface area (Å²) in [5.74, 6) is -2.96. The first kappa shape index (κ1) is 18.6. The maximum absolute atomic E-state index is 15.1. The largest absolute Gasteiger partial charge is 0.477 e. The van der Waals surface area contributed by atoms with Crippen LogP contribution in [0.4, 0.5) is 10.2 Å². The molecule has 3 aromatic rings. The topological polar surface area (TPSA) is 141 Å². The number of anilines is 1. The van der Waals surface area contributed by atoms with Gasteiger partial charge in [0.05, 0.1) is 11.1 Å². The minimum atomic E-state index is -1.36. The quantitative estimate of drug-likeness (QED) is 0.617. The molecule has 0 bridgehead atoms. The summed E-state index contributed by atoms with van der Waals surface area (Å²) < 4.78 is 16.8. The van der Waals surface area contributed by atoms with Crippen molar-refractivity contribution in [2.24, 2.45) is 5.73 Å². The SMILES string of the molecule is Cc1c(-c2cnc(N)c(C(N)=O)c2)c(F)cc2c(=O)c(C(=O)O)cn(C3CC3)c12. The Hall–Kier alpha value is -3.75. The molecule has 9 heteroatoms. The van der Waals surface area contributed by atoms with Crippen molar-refractivity contribution in [2.75, 3.05) is 5.73 Å². The van der Waals surface area contributed by atoms with E-state index >= 15 is 4.39 Å². The third-order valence-electron chi connectivity index (χ3n) is 5.15. The van der Waals surface area contributed by atoms with E-state index in [0.29, 0.717) is 11.1 Å². The number of hydrogen-bond donors (Lipinski definition) is 3. The van der Waals surface area contributed by atoms with E-state index in [1.54, 1.807) is 11.5 Å². The highest BCUT2D eigenvalue weighted by Gasteiger charge is 2.29. The first-order chi connectivity index (χ1) is 13.7. The Bertz CT molecular complexity index is 1280. The summed E-state index contributed by atoms with van der Waals surface area (Å²) in [6.45, 7) is 1.64. The van der Waals surface area contributed by atoms with Gasteiger partial charge in [-0.1, -0.05) is 0 Å². The van der Waals surface area contributed by atoms with Crippen LogP contribution in [0.1, 0.15) is 45.2 Å².